The highest BCUT2D eigenvalue weighted by atomic mass is 32.1. The minimum absolute atomic E-state index is 0.548. The van der Waals surface area contributed by atoms with Crippen LogP contribution < -0.4 is 10.6 Å². The Balaban J connectivity index is 1.52. The third-order valence-corrected chi connectivity index (χ3v) is 4.88. The van der Waals surface area contributed by atoms with Gasteiger partial charge >= 0.3 is 0 Å². The first-order valence-electron chi connectivity index (χ1n) is 7.90. The molecule has 24 heavy (non-hydrogen) atoms. The number of benzene rings is 1. The maximum Gasteiger partial charge on any atom is 0.229 e. The van der Waals surface area contributed by atoms with Crippen LogP contribution >= 0.6 is 11.3 Å². The summed E-state index contributed by atoms with van der Waals surface area (Å²) in [5.74, 6) is 2.16. The number of aromatic nitrogens is 3. The first-order valence-corrected chi connectivity index (χ1v) is 8.78. The Labute approximate surface area is 141 Å². The second-order valence-corrected chi connectivity index (χ2v) is 6.91. The van der Waals surface area contributed by atoms with Crippen molar-refractivity contribution in [2.75, 3.05) is 10.6 Å². The van der Waals surface area contributed by atoms with Gasteiger partial charge in [-0.25, -0.2) is 9.97 Å². The number of hydrogen-bond acceptors (Lipinski definition) is 7. The van der Waals surface area contributed by atoms with Gasteiger partial charge in [0.15, 0.2) is 11.5 Å². The second-order valence-electron chi connectivity index (χ2n) is 5.99. The first kappa shape index (κ1) is 13.7. The van der Waals surface area contributed by atoms with Crippen molar-refractivity contribution in [2.45, 2.75) is 25.8 Å². The van der Waals surface area contributed by atoms with Crippen LogP contribution in [0.25, 0.3) is 21.3 Å². The van der Waals surface area contributed by atoms with Crippen LogP contribution in [0, 0.1) is 6.92 Å². The second kappa shape index (κ2) is 5.17. The summed E-state index contributed by atoms with van der Waals surface area (Å²) in [6.45, 7) is 1.84. The van der Waals surface area contributed by atoms with Gasteiger partial charge in [-0.15, -0.1) is 11.3 Å². The standard InChI is InChI=1S/C17H15N5OS/c1-9-18-12-5-4-11(8-14(12)23-9)20-17-21-13-6-7-24-15(13)16(22-17)19-10-2-3-10/h4-8,10H,2-3H2,1H3,(H2,19,20,21,22). The van der Waals surface area contributed by atoms with Gasteiger partial charge in [0, 0.05) is 24.7 Å². The predicted molar refractivity (Wildman–Crippen MR) is 96.1 cm³/mol. The summed E-state index contributed by atoms with van der Waals surface area (Å²) in [5, 5.41) is 8.82. The third-order valence-electron chi connectivity index (χ3n) is 3.97. The summed E-state index contributed by atoms with van der Waals surface area (Å²) >= 11 is 1.66. The molecule has 1 aliphatic rings. The van der Waals surface area contributed by atoms with Gasteiger partial charge in [0.1, 0.15) is 11.3 Å². The minimum atomic E-state index is 0.548. The molecule has 1 aromatic carbocycles. The molecule has 0 radical (unpaired) electrons. The largest absolute Gasteiger partial charge is 0.441 e. The normalized spacial score (nSPS) is 14.4. The van der Waals surface area contributed by atoms with Crippen molar-refractivity contribution in [3.8, 4) is 0 Å². The zero-order valence-corrected chi connectivity index (χ0v) is 13.9. The topological polar surface area (TPSA) is 75.9 Å². The van der Waals surface area contributed by atoms with Crippen molar-refractivity contribution in [2.24, 2.45) is 0 Å². The summed E-state index contributed by atoms with van der Waals surface area (Å²) in [5.41, 5.74) is 3.44. The molecule has 1 aliphatic carbocycles. The SMILES string of the molecule is Cc1nc2ccc(Nc3nc(NC4CC4)c4sccc4n3)cc2o1. The van der Waals surface area contributed by atoms with Crippen LogP contribution in [-0.4, -0.2) is 21.0 Å². The van der Waals surface area contributed by atoms with Gasteiger partial charge in [-0.1, -0.05) is 0 Å². The Hall–Kier alpha value is -2.67. The van der Waals surface area contributed by atoms with Gasteiger partial charge in [-0.3, -0.25) is 0 Å². The number of anilines is 3. The smallest absolute Gasteiger partial charge is 0.229 e. The fourth-order valence-electron chi connectivity index (χ4n) is 2.68. The van der Waals surface area contributed by atoms with E-state index in [9.17, 15) is 0 Å². The van der Waals surface area contributed by atoms with Gasteiger partial charge in [-0.2, -0.15) is 4.98 Å². The molecule has 2 N–H and O–H groups in total. The molecule has 0 bridgehead atoms. The van der Waals surface area contributed by atoms with Crippen molar-refractivity contribution >= 4 is 50.1 Å². The Bertz CT molecular complexity index is 1050. The highest BCUT2D eigenvalue weighted by Crippen LogP contribution is 2.32. The molecular formula is C17H15N5OS. The summed E-state index contributed by atoms with van der Waals surface area (Å²) in [7, 11) is 0. The number of nitrogens with zero attached hydrogens (tertiary/aromatic N) is 3. The zero-order chi connectivity index (χ0) is 16.1. The quantitative estimate of drug-likeness (QED) is 0.572. The lowest BCUT2D eigenvalue weighted by atomic mass is 10.3. The molecule has 7 heteroatoms. The number of oxazole rings is 1. The van der Waals surface area contributed by atoms with E-state index in [2.05, 4.69) is 25.6 Å². The average molecular weight is 337 g/mol. The van der Waals surface area contributed by atoms with Gasteiger partial charge in [0.2, 0.25) is 5.95 Å². The highest BCUT2D eigenvalue weighted by molar-refractivity contribution is 7.17. The molecule has 0 amide bonds. The molecular weight excluding hydrogens is 322 g/mol. The molecule has 5 rings (SSSR count). The zero-order valence-electron chi connectivity index (χ0n) is 13.0. The van der Waals surface area contributed by atoms with Crippen molar-refractivity contribution < 1.29 is 4.42 Å². The molecule has 0 spiro atoms. The van der Waals surface area contributed by atoms with E-state index in [1.54, 1.807) is 11.3 Å². The summed E-state index contributed by atoms with van der Waals surface area (Å²) in [6, 6.07) is 8.38. The lowest BCUT2D eigenvalue weighted by Crippen LogP contribution is -2.06. The molecule has 120 valence electrons. The van der Waals surface area contributed by atoms with Crippen LogP contribution in [0.15, 0.2) is 34.1 Å². The van der Waals surface area contributed by atoms with Crippen molar-refractivity contribution in [3.05, 3.63) is 35.5 Å². The van der Waals surface area contributed by atoms with Crippen LogP contribution in [0.2, 0.25) is 0 Å². The number of rotatable bonds is 4. The average Bonchev–Trinajstić information content (AvgIpc) is 3.10. The van der Waals surface area contributed by atoms with Crippen LogP contribution in [0.3, 0.4) is 0 Å². The van der Waals surface area contributed by atoms with Crippen LogP contribution in [0.1, 0.15) is 18.7 Å². The van der Waals surface area contributed by atoms with Crippen LogP contribution in [0.4, 0.5) is 17.5 Å². The lowest BCUT2D eigenvalue weighted by Gasteiger charge is -2.09. The minimum Gasteiger partial charge on any atom is -0.441 e. The van der Waals surface area contributed by atoms with Gasteiger partial charge in [0.05, 0.1) is 10.2 Å². The molecule has 4 aromatic rings. The molecule has 6 nitrogen and oxygen atoms in total. The van der Waals surface area contributed by atoms with E-state index >= 15 is 0 Å². The fraction of sp³-hybridized carbons (Fsp3) is 0.235. The van der Waals surface area contributed by atoms with Crippen molar-refractivity contribution in [3.63, 3.8) is 0 Å². The highest BCUT2D eigenvalue weighted by Gasteiger charge is 2.23. The Kier molecular flexibility index (Phi) is 2.96. The van der Waals surface area contributed by atoms with E-state index < -0.39 is 0 Å². The monoisotopic (exact) mass is 337 g/mol. The Morgan fingerprint density at radius 3 is 2.92 bits per heavy atom. The number of aryl methyl sites for hydroxylation is 1. The third kappa shape index (κ3) is 2.46. The number of thiophene rings is 1. The lowest BCUT2D eigenvalue weighted by molar-refractivity contribution is 0.561. The van der Waals surface area contributed by atoms with E-state index in [4.69, 9.17) is 4.42 Å². The van der Waals surface area contributed by atoms with Crippen LogP contribution in [0.5, 0.6) is 0 Å². The van der Waals surface area contributed by atoms with Gasteiger partial charge in [-0.05, 0) is 36.4 Å². The van der Waals surface area contributed by atoms with E-state index in [-0.39, 0.29) is 0 Å². The molecule has 0 atom stereocenters. The van der Waals surface area contributed by atoms with Crippen molar-refractivity contribution in [1.82, 2.24) is 15.0 Å². The first-order chi connectivity index (χ1) is 11.7. The van der Waals surface area contributed by atoms with Gasteiger partial charge in [0.25, 0.3) is 0 Å². The Morgan fingerprint density at radius 2 is 2.04 bits per heavy atom. The number of hydrogen-bond donors (Lipinski definition) is 2. The van der Waals surface area contributed by atoms with E-state index in [0.29, 0.717) is 17.9 Å². The summed E-state index contributed by atoms with van der Waals surface area (Å²) in [6.07, 6.45) is 2.42. The number of fused-ring (bicyclic) bond motifs is 2. The van der Waals surface area contributed by atoms with E-state index in [1.807, 2.05) is 36.6 Å². The molecule has 1 fully saturated rings. The Morgan fingerprint density at radius 1 is 1.12 bits per heavy atom. The molecule has 0 aliphatic heterocycles. The van der Waals surface area contributed by atoms with Crippen molar-refractivity contribution in [1.29, 1.82) is 0 Å². The predicted octanol–water partition coefficient (Wildman–Crippen LogP) is 4.46. The fourth-order valence-corrected chi connectivity index (χ4v) is 3.47. The molecule has 1 saturated carbocycles. The molecule has 0 unspecified atom stereocenters. The van der Waals surface area contributed by atoms with E-state index in [0.717, 1.165) is 32.8 Å². The maximum absolute atomic E-state index is 5.59. The van der Waals surface area contributed by atoms with Gasteiger partial charge < -0.3 is 15.1 Å². The summed E-state index contributed by atoms with van der Waals surface area (Å²) < 4.78 is 6.69. The molecule has 0 saturated heterocycles. The summed E-state index contributed by atoms with van der Waals surface area (Å²) in [4.78, 5) is 13.6. The maximum atomic E-state index is 5.59. The number of nitrogens with one attached hydrogen (secondary N) is 2. The molecule has 3 heterocycles. The molecule has 3 aromatic heterocycles. The van der Waals surface area contributed by atoms with Crippen LogP contribution in [-0.2, 0) is 0 Å². The van der Waals surface area contributed by atoms with E-state index in [1.165, 1.54) is 12.8 Å².